The van der Waals surface area contributed by atoms with Gasteiger partial charge in [0.05, 0.1) is 12.8 Å². The van der Waals surface area contributed by atoms with E-state index < -0.39 is 10.0 Å². The van der Waals surface area contributed by atoms with Crippen LogP contribution in [-0.2, 0) is 14.8 Å². The number of anilines is 3. The minimum absolute atomic E-state index is 0.212. The molecule has 10 heteroatoms. The summed E-state index contributed by atoms with van der Waals surface area (Å²) in [4.78, 5) is 2.32. The molecule has 3 rings (SSSR count). The second-order valence-electron chi connectivity index (χ2n) is 7.64. The zero-order valence-corrected chi connectivity index (χ0v) is 20.7. The van der Waals surface area contributed by atoms with E-state index in [2.05, 4.69) is 20.3 Å². The molecule has 180 valence electrons. The van der Waals surface area contributed by atoms with Gasteiger partial charge in [0.15, 0.2) is 5.11 Å². The first kappa shape index (κ1) is 25.1. The van der Waals surface area contributed by atoms with E-state index in [1.165, 1.54) is 0 Å². The molecule has 0 atom stereocenters. The van der Waals surface area contributed by atoms with Gasteiger partial charge >= 0.3 is 0 Å². The fourth-order valence-electron chi connectivity index (χ4n) is 3.59. The average molecular weight is 493 g/mol. The van der Waals surface area contributed by atoms with E-state index in [0.29, 0.717) is 47.7 Å². The molecule has 1 fully saturated rings. The summed E-state index contributed by atoms with van der Waals surface area (Å²) in [6.45, 7) is 5.64. The smallest absolute Gasteiger partial charge is 0.264 e. The van der Waals surface area contributed by atoms with Crippen molar-refractivity contribution in [2.75, 3.05) is 54.9 Å². The van der Waals surface area contributed by atoms with Gasteiger partial charge in [0.25, 0.3) is 10.0 Å². The van der Waals surface area contributed by atoms with Crippen molar-refractivity contribution in [1.82, 2.24) is 5.32 Å². The number of sulfonamides is 1. The molecule has 1 aliphatic rings. The van der Waals surface area contributed by atoms with E-state index >= 15 is 0 Å². The van der Waals surface area contributed by atoms with Crippen LogP contribution in [0.1, 0.15) is 26.2 Å². The number of rotatable bonds is 11. The van der Waals surface area contributed by atoms with Crippen molar-refractivity contribution >= 4 is 44.4 Å². The lowest BCUT2D eigenvalue weighted by Crippen LogP contribution is -2.30. The SMILES string of the molecule is CCOCCCNC(=S)Nc1ccc(N2CCCC2)c(S(=O)(=O)Nc2ccc(OC)cc2)c1. The Morgan fingerprint density at radius 1 is 1.09 bits per heavy atom. The van der Waals surface area contributed by atoms with Gasteiger partial charge in [0.2, 0.25) is 0 Å². The van der Waals surface area contributed by atoms with Gasteiger partial charge in [0.1, 0.15) is 10.6 Å². The molecule has 1 saturated heterocycles. The Labute approximate surface area is 201 Å². The molecule has 0 bridgehead atoms. The van der Waals surface area contributed by atoms with Crippen LogP contribution in [0.15, 0.2) is 47.4 Å². The summed E-state index contributed by atoms with van der Waals surface area (Å²) in [7, 11) is -2.27. The fourth-order valence-corrected chi connectivity index (χ4v) is 5.12. The Morgan fingerprint density at radius 2 is 1.79 bits per heavy atom. The van der Waals surface area contributed by atoms with E-state index in [1.807, 2.05) is 19.1 Å². The van der Waals surface area contributed by atoms with Crippen LogP contribution in [0, 0.1) is 0 Å². The van der Waals surface area contributed by atoms with E-state index in [0.717, 1.165) is 32.4 Å². The molecule has 8 nitrogen and oxygen atoms in total. The zero-order chi connectivity index (χ0) is 23.7. The van der Waals surface area contributed by atoms with E-state index in [9.17, 15) is 8.42 Å². The van der Waals surface area contributed by atoms with Crippen molar-refractivity contribution < 1.29 is 17.9 Å². The van der Waals surface area contributed by atoms with Gasteiger partial charge in [-0.3, -0.25) is 4.72 Å². The van der Waals surface area contributed by atoms with Crippen molar-refractivity contribution in [3.05, 3.63) is 42.5 Å². The number of nitrogens with zero attached hydrogens (tertiary/aromatic N) is 1. The van der Waals surface area contributed by atoms with Crippen LogP contribution in [0.5, 0.6) is 5.75 Å². The van der Waals surface area contributed by atoms with Crippen LogP contribution in [0.2, 0.25) is 0 Å². The van der Waals surface area contributed by atoms with Gasteiger partial charge in [-0.15, -0.1) is 0 Å². The third-order valence-electron chi connectivity index (χ3n) is 5.25. The molecule has 0 aromatic heterocycles. The molecule has 0 radical (unpaired) electrons. The molecule has 1 aliphatic heterocycles. The van der Waals surface area contributed by atoms with Crippen molar-refractivity contribution in [2.24, 2.45) is 0 Å². The minimum Gasteiger partial charge on any atom is -0.497 e. The van der Waals surface area contributed by atoms with Gasteiger partial charge in [-0.2, -0.15) is 0 Å². The predicted octanol–water partition coefficient (Wildman–Crippen LogP) is 3.81. The molecule has 1 heterocycles. The largest absolute Gasteiger partial charge is 0.497 e. The molecular weight excluding hydrogens is 460 g/mol. The van der Waals surface area contributed by atoms with Crippen LogP contribution in [0.25, 0.3) is 0 Å². The Morgan fingerprint density at radius 3 is 2.45 bits per heavy atom. The Kier molecular flexibility index (Phi) is 9.16. The molecule has 33 heavy (non-hydrogen) atoms. The summed E-state index contributed by atoms with van der Waals surface area (Å²) in [6, 6.07) is 12.1. The third kappa shape index (κ3) is 7.21. The summed E-state index contributed by atoms with van der Waals surface area (Å²) in [5, 5.41) is 6.65. The number of benzene rings is 2. The van der Waals surface area contributed by atoms with E-state index in [-0.39, 0.29) is 4.90 Å². The van der Waals surface area contributed by atoms with Crippen LogP contribution in [0.3, 0.4) is 0 Å². The highest BCUT2D eigenvalue weighted by atomic mass is 32.2. The summed E-state index contributed by atoms with van der Waals surface area (Å²) in [5.74, 6) is 0.657. The summed E-state index contributed by atoms with van der Waals surface area (Å²) >= 11 is 5.37. The van der Waals surface area contributed by atoms with Crippen LogP contribution >= 0.6 is 12.2 Å². The lowest BCUT2D eigenvalue weighted by Gasteiger charge is -2.23. The predicted molar refractivity (Wildman–Crippen MR) is 137 cm³/mol. The molecule has 0 saturated carbocycles. The van der Waals surface area contributed by atoms with Crippen molar-refractivity contribution in [1.29, 1.82) is 0 Å². The number of ether oxygens (including phenoxy) is 2. The summed E-state index contributed by atoms with van der Waals surface area (Å²) < 4.78 is 39.9. The first-order valence-electron chi connectivity index (χ1n) is 11.1. The lowest BCUT2D eigenvalue weighted by atomic mass is 10.2. The number of thiocarbonyl (C=S) groups is 1. The quantitative estimate of drug-likeness (QED) is 0.322. The highest BCUT2D eigenvalue weighted by Crippen LogP contribution is 2.32. The van der Waals surface area contributed by atoms with Crippen LogP contribution in [0.4, 0.5) is 17.1 Å². The highest BCUT2D eigenvalue weighted by molar-refractivity contribution is 7.93. The topological polar surface area (TPSA) is 91.9 Å². The number of hydrogen-bond donors (Lipinski definition) is 3. The van der Waals surface area contributed by atoms with Crippen molar-refractivity contribution in [3.8, 4) is 5.75 Å². The monoisotopic (exact) mass is 492 g/mol. The maximum absolute atomic E-state index is 13.4. The second-order valence-corrected chi connectivity index (χ2v) is 9.70. The molecule has 0 amide bonds. The van der Waals surface area contributed by atoms with Crippen LogP contribution in [-0.4, -0.2) is 53.5 Å². The lowest BCUT2D eigenvalue weighted by molar-refractivity contribution is 0.146. The number of nitrogens with one attached hydrogen (secondary N) is 3. The summed E-state index contributed by atoms with van der Waals surface area (Å²) in [5.41, 5.74) is 1.76. The number of methoxy groups -OCH3 is 1. The minimum atomic E-state index is -3.84. The van der Waals surface area contributed by atoms with Crippen LogP contribution < -0.4 is 25.0 Å². The maximum atomic E-state index is 13.4. The van der Waals surface area contributed by atoms with Crippen molar-refractivity contribution in [3.63, 3.8) is 0 Å². The molecule has 0 unspecified atom stereocenters. The van der Waals surface area contributed by atoms with Gasteiger partial charge in [-0.05, 0) is 80.9 Å². The van der Waals surface area contributed by atoms with E-state index in [4.69, 9.17) is 21.7 Å². The molecular formula is C23H32N4O4S2. The Hall–Kier alpha value is -2.56. The first-order chi connectivity index (χ1) is 15.9. The molecule has 3 N–H and O–H groups in total. The zero-order valence-electron chi connectivity index (χ0n) is 19.1. The number of hydrogen-bond acceptors (Lipinski definition) is 6. The highest BCUT2D eigenvalue weighted by Gasteiger charge is 2.25. The Balaban J connectivity index is 1.78. The van der Waals surface area contributed by atoms with Gasteiger partial charge in [-0.25, -0.2) is 8.42 Å². The van der Waals surface area contributed by atoms with E-state index in [1.54, 1.807) is 37.4 Å². The molecule has 2 aromatic carbocycles. The maximum Gasteiger partial charge on any atom is 0.264 e. The first-order valence-corrected chi connectivity index (χ1v) is 13.0. The van der Waals surface area contributed by atoms with Gasteiger partial charge in [0, 0.05) is 44.2 Å². The van der Waals surface area contributed by atoms with Crippen molar-refractivity contribution in [2.45, 2.75) is 31.1 Å². The molecule has 2 aromatic rings. The second kappa shape index (κ2) is 12.1. The van der Waals surface area contributed by atoms with Gasteiger partial charge < -0.3 is 25.0 Å². The fraction of sp³-hybridized carbons (Fsp3) is 0.435. The normalized spacial score (nSPS) is 13.6. The molecule has 0 spiro atoms. The molecule has 0 aliphatic carbocycles. The Bertz CT molecular complexity index is 1020. The standard InChI is InChI=1S/C23H32N4O4S2/c1-3-31-16-6-13-24-23(32)25-19-9-12-21(27-14-4-5-15-27)22(17-19)33(28,29)26-18-7-10-20(30-2)11-8-18/h7-12,17,26H,3-6,13-16H2,1-2H3,(H2,24,25,32). The third-order valence-corrected chi connectivity index (χ3v) is 6.91. The summed E-state index contributed by atoms with van der Waals surface area (Å²) in [6.07, 6.45) is 2.91. The van der Waals surface area contributed by atoms with Gasteiger partial charge in [-0.1, -0.05) is 0 Å². The average Bonchev–Trinajstić information content (AvgIpc) is 3.34.